The first-order valence-corrected chi connectivity index (χ1v) is 14.5. The molecule has 4 N–H and O–H groups in total. The SMILES string of the molecule is CCOc1c(CC(N)=O)cc([C@@](O)(CNC(=O)c2cc(OC)c3nn(C4CC4)cc3c2)C(F)(F)F)nc1-c1cccc(OC(F)(F)F)c1. The van der Waals surface area contributed by atoms with Crippen molar-refractivity contribution in [3.05, 3.63) is 65.5 Å². The molecule has 4 aromatic rings. The monoisotopic (exact) mass is 681 g/mol. The van der Waals surface area contributed by atoms with Gasteiger partial charge in [-0.1, -0.05) is 12.1 Å². The van der Waals surface area contributed by atoms with E-state index < -0.39 is 60.1 Å². The third-order valence-electron chi connectivity index (χ3n) is 7.44. The summed E-state index contributed by atoms with van der Waals surface area (Å²) in [7, 11) is 1.35. The Morgan fingerprint density at radius 1 is 1.10 bits per heavy atom. The van der Waals surface area contributed by atoms with Crippen LogP contribution in [0.5, 0.6) is 17.2 Å². The fourth-order valence-electron chi connectivity index (χ4n) is 5.04. The average Bonchev–Trinajstić information content (AvgIpc) is 3.76. The van der Waals surface area contributed by atoms with E-state index in [1.165, 1.54) is 32.2 Å². The molecule has 2 aromatic carbocycles. The van der Waals surface area contributed by atoms with Crippen LogP contribution in [0.15, 0.2) is 48.7 Å². The molecule has 256 valence electrons. The fraction of sp³-hybridized carbons (Fsp3) is 0.355. The molecule has 0 spiro atoms. The molecule has 0 aliphatic heterocycles. The first kappa shape index (κ1) is 34.3. The predicted molar refractivity (Wildman–Crippen MR) is 157 cm³/mol. The van der Waals surface area contributed by atoms with Gasteiger partial charge in [0.25, 0.3) is 5.91 Å². The number of hydrogen-bond acceptors (Lipinski definition) is 8. The fourth-order valence-corrected chi connectivity index (χ4v) is 5.04. The summed E-state index contributed by atoms with van der Waals surface area (Å²) in [5.74, 6) is -2.78. The number of hydrogen-bond donors (Lipinski definition) is 3. The normalized spacial score (nSPS) is 14.8. The number of nitrogens with one attached hydrogen (secondary N) is 1. The summed E-state index contributed by atoms with van der Waals surface area (Å²) in [4.78, 5) is 29.2. The molecule has 0 bridgehead atoms. The Morgan fingerprint density at radius 3 is 2.44 bits per heavy atom. The molecule has 11 nitrogen and oxygen atoms in total. The highest BCUT2D eigenvalue weighted by molar-refractivity contribution is 6.00. The zero-order chi connectivity index (χ0) is 35.0. The van der Waals surface area contributed by atoms with Crippen LogP contribution >= 0.6 is 0 Å². The lowest BCUT2D eigenvalue weighted by Gasteiger charge is -2.31. The van der Waals surface area contributed by atoms with Crippen LogP contribution in [0.4, 0.5) is 26.3 Å². The van der Waals surface area contributed by atoms with Crippen molar-refractivity contribution in [1.29, 1.82) is 0 Å². The largest absolute Gasteiger partial charge is 0.573 e. The Labute approximate surface area is 268 Å². The van der Waals surface area contributed by atoms with Crippen LogP contribution in [0.2, 0.25) is 0 Å². The number of carbonyl (C=O) groups excluding carboxylic acids is 2. The number of ether oxygens (including phenoxy) is 3. The van der Waals surface area contributed by atoms with Crippen LogP contribution in [0, 0.1) is 0 Å². The third-order valence-corrected chi connectivity index (χ3v) is 7.44. The number of methoxy groups -OCH3 is 1. The molecule has 2 amide bonds. The lowest BCUT2D eigenvalue weighted by Crippen LogP contribution is -2.51. The molecule has 0 radical (unpaired) electrons. The first-order chi connectivity index (χ1) is 22.5. The van der Waals surface area contributed by atoms with Gasteiger partial charge in [0.1, 0.15) is 28.5 Å². The standard InChI is InChI=1S/C31H29F6N5O6/c1-3-47-27-17(13-24(38)43)12-23(40-26(27)16-5-4-6-21(10-16)48-31(35,36)37)29(45,30(32,33)34)15-39-28(44)18-9-19-14-42(20-7-8-20)41-25(19)22(11-18)46-2/h4-6,9-12,14,20,45H,3,7-8,13,15H2,1-2H3,(H2,38,43)(H,39,44)/t29-/m0/s1. The van der Waals surface area contributed by atoms with E-state index in [0.717, 1.165) is 37.1 Å². The van der Waals surface area contributed by atoms with E-state index >= 15 is 0 Å². The van der Waals surface area contributed by atoms with Crippen LogP contribution in [-0.4, -0.2) is 64.5 Å². The van der Waals surface area contributed by atoms with E-state index in [4.69, 9.17) is 15.2 Å². The molecule has 1 fully saturated rings. The number of carbonyl (C=O) groups is 2. The quantitative estimate of drug-likeness (QED) is 0.178. The Morgan fingerprint density at radius 2 is 1.83 bits per heavy atom. The second-order valence-electron chi connectivity index (χ2n) is 11.0. The molecule has 2 aromatic heterocycles. The minimum absolute atomic E-state index is 0.0875. The molecule has 1 aliphatic carbocycles. The zero-order valence-corrected chi connectivity index (χ0v) is 25.4. The number of pyridine rings is 1. The van der Waals surface area contributed by atoms with Gasteiger partial charge in [0.05, 0.1) is 38.4 Å². The van der Waals surface area contributed by atoms with Gasteiger partial charge in [0.15, 0.2) is 0 Å². The second-order valence-corrected chi connectivity index (χ2v) is 11.0. The lowest BCUT2D eigenvalue weighted by atomic mass is 9.93. The van der Waals surface area contributed by atoms with Crippen molar-refractivity contribution in [1.82, 2.24) is 20.1 Å². The van der Waals surface area contributed by atoms with E-state index in [1.807, 2.05) is 0 Å². The maximum atomic E-state index is 14.7. The molecule has 0 saturated heterocycles. The zero-order valence-electron chi connectivity index (χ0n) is 25.4. The Balaban J connectivity index is 1.56. The van der Waals surface area contributed by atoms with Gasteiger partial charge in [-0.05, 0) is 50.1 Å². The highest BCUT2D eigenvalue weighted by Gasteiger charge is 2.57. The van der Waals surface area contributed by atoms with E-state index in [0.29, 0.717) is 10.9 Å². The summed E-state index contributed by atoms with van der Waals surface area (Å²) < 4.78 is 99.6. The van der Waals surface area contributed by atoms with Gasteiger partial charge < -0.3 is 30.4 Å². The second kappa shape index (κ2) is 12.9. The Kier molecular flexibility index (Phi) is 9.18. The summed E-state index contributed by atoms with van der Waals surface area (Å²) in [5.41, 5.74) is -0.155. The summed E-state index contributed by atoms with van der Waals surface area (Å²) in [6.45, 7) is -0.0318. The highest BCUT2D eigenvalue weighted by Crippen LogP contribution is 2.43. The molecular weight excluding hydrogens is 652 g/mol. The Bertz CT molecular complexity index is 1860. The number of nitrogens with zero attached hydrogens (tertiary/aromatic N) is 3. The van der Waals surface area contributed by atoms with Gasteiger partial charge in [0, 0.05) is 28.3 Å². The first-order valence-electron chi connectivity index (χ1n) is 14.5. The van der Waals surface area contributed by atoms with Crippen molar-refractivity contribution in [2.45, 2.75) is 50.4 Å². The number of rotatable bonds is 12. The smallest absolute Gasteiger partial charge is 0.494 e. The maximum absolute atomic E-state index is 14.7. The summed E-state index contributed by atoms with van der Waals surface area (Å²) in [5, 5.41) is 18.3. The maximum Gasteiger partial charge on any atom is 0.573 e. The van der Waals surface area contributed by atoms with E-state index in [9.17, 15) is 41.0 Å². The van der Waals surface area contributed by atoms with Gasteiger partial charge in [-0.15, -0.1) is 13.2 Å². The molecule has 17 heteroatoms. The molecule has 5 rings (SSSR count). The molecule has 1 aliphatic rings. The van der Waals surface area contributed by atoms with Gasteiger partial charge in [-0.2, -0.15) is 18.3 Å². The number of benzene rings is 2. The van der Waals surface area contributed by atoms with Crippen LogP contribution < -0.4 is 25.3 Å². The number of halogens is 6. The highest BCUT2D eigenvalue weighted by atomic mass is 19.4. The molecule has 1 atom stereocenters. The van der Waals surface area contributed by atoms with Crippen molar-refractivity contribution in [2.75, 3.05) is 20.3 Å². The van der Waals surface area contributed by atoms with Crippen molar-refractivity contribution < 1.29 is 55.2 Å². The van der Waals surface area contributed by atoms with Crippen molar-refractivity contribution in [3.8, 4) is 28.5 Å². The number of alkyl halides is 6. The van der Waals surface area contributed by atoms with E-state index in [2.05, 4.69) is 20.1 Å². The molecule has 2 heterocycles. The number of fused-ring (bicyclic) bond motifs is 1. The average molecular weight is 682 g/mol. The van der Waals surface area contributed by atoms with Gasteiger partial charge in [0.2, 0.25) is 11.5 Å². The van der Waals surface area contributed by atoms with Crippen LogP contribution in [0.1, 0.15) is 47.4 Å². The number of amides is 2. The predicted octanol–water partition coefficient (Wildman–Crippen LogP) is 4.95. The molecule has 48 heavy (non-hydrogen) atoms. The molecule has 0 unspecified atom stereocenters. The number of aliphatic hydroxyl groups is 1. The van der Waals surface area contributed by atoms with Gasteiger partial charge in [-0.25, -0.2) is 4.98 Å². The minimum atomic E-state index is -5.48. The summed E-state index contributed by atoms with van der Waals surface area (Å²) >= 11 is 0. The van der Waals surface area contributed by atoms with Gasteiger partial charge >= 0.3 is 12.5 Å². The van der Waals surface area contributed by atoms with Crippen LogP contribution in [0.3, 0.4) is 0 Å². The lowest BCUT2D eigenvalue weighted by molar-refractivity contribution is -0.274. The van der Waals surface area contributed by atoms with Crippen molar-refractivity contribution >= 4 is 22.7 Å². The van der Waals surface area contributed by atoms with E-state index in [-0.39, 0.29) is 40.8 Å². The number of aromatic nitrogens is 3. The summed E-state index contributed by atoms with van der Waals surface area (Å²) in [6, 6.07) is 7.81. The van der Waals surface area contributed by atoms with Crippen LogP contribution in [-0.2, 0) is 16.8 Å². The third kappa shape index (κ3) is 7.25. The minimum Gasteiger partial charge on any atom is -0.494 e. The van der Waals surface area contributed by atoms with E-state index in [1.54, 1.807) is 10.9 Å². The molecular formula is C31H29F6N5O6. The Hall–Kier alpha value is -5.06. The number of nitrogens with two attached hydrogens (primary N) is 1. The van der Waals surface area contributed by atoms with Crippen molar-refractivity contribution in [3.63, 3.8) is 0 Å². The van der Waals surface area contributed by atoms with Gasteiger partial charge in [-0.3, -0.25) is 14.3 Å². The summed E-state index contributed by atoms with van der Waals surface area (Å²) in [6.07, 6.45) is -7.71. The molecule has 1 saturated carbocycles. The van der Waals surface area contributed by atoms with Crippen molar-refractivity contribution in [2.24, 2.45) is 5.73 Å². The number of primary amides is 1. The topological polar surface area (TPSA) is 151 Å². The van der Waals surface area contributed by atoms with Crippen LogP contribution in [0.25, 0.3) is 22.2 Å².